The fourth-order valence-corrected chi connectivity index (χ4v) is 0. The molecule has 0 aromatic heterocycles. The van der Waals surface area contributed by atoms with Gasteiger partial charge in [0.25, 0.3) is 0 Å². The maximum Gasteiger partial charge on any atom is 1.00 e. The maximum atomic E-state index is 8.25. The van der Waals surface area contributed by atoms with Gasteiger partial charge in [0, 0.05) is 0 Å². The van der Waals surface area contributed by atoms with Crippen LogP contribution < -0.4 is 23.9 Å². The molecule has 0 heterocycles. The third-order valence-corrected chi connectivity index (χ3v) is 0. The van der Waals surface area contributed by atoms with Crippen LogP contribution >= 0.6 is 0 Å². The summed E-state index contributed by atoms with van der Waals surface area (Å²) in [4.78, 5) is 0. The van der Waals surface area contributed by atoms with Crippen LogP contribution in [0.25, 0.3) is 0 Å². The van der Waals surface area contributed by atoms with E-state index in [-0.39, 0.29) is 18.9 Å². The van der Waals surface area contributed by atoms with Crippen molar-refractivity contribution in [1.82, 2.24) is 0 Å². The Balaban J connectivity index is 0. The summed E-state index contributed by atoms with van der Waals surface area (Å²) in [6, 6.07) is 0. The molecule has 0 radical (unpaired) electrons. The Kier molecular flexibility index (Phi) is 23.2. The molecule has 0 bridgehead atoms. The van der Waals surface area contributed by atoms with Crippen LogP contribution in [0, 0.1) is 0 Å². The zero-order valence-corrected chi connectivity index (χ0v) is 2.39. The average Bonchev–Trinajstić information content (AvgIpc) is 0.918. The molecule has 0 aliphatic rings. The smallest absolute Gasteiger partial charge is 1.00 e. The van der Waals surface area contributed by atoms with Crippen LogP contribution in [0.1, 0.15) is 0 Å². The molecule has 0 aromatic carbocycles. The molecule has 0 amide bonds. The van der Waals surface area contributed by atoms with E-state index in [1.165, 1.54) is 0 Å². The molecule has 0 saturated heterocycles. The minimum Gasteiger partial charge on any atom is 1.00 e. The molecule has 16 valence electrons. The van der Waals surface area contributed by atoms with Gasteiger partial charge < -0.3 is 0 Å². The van der Waals surface area contributed by atoms with Crippen LogP contribution in [-0.4, -0.2) is 7.35 Å². The van der Waals surface area contributed by atoms with Gasteiger partial charge in [0.05, 0.1) is 0 Å². The van der Waals surface area contributed by atoms with Gasteiger partial charge in [0.1, 0.15) is 0 Å². The molecular weight excluding hydrogens is 49.8 g/mol. The predicted molar refractivity (Wildman–Crippen MR) is 6.44 cm³/mol. The fraction of sp³-hybridized carbons (Fsp3) is 0. The van der Waals surface area contributed by atoms with E-state index in [2.05, 4.69) is 0 Å². The van der Waals surface area contributed by atoms with E-state index >= 15 is 0 Å². The summed E-state index contributed by atoms with van der Waals surface area (Å²) in [6.07, 6.45) is 0. The second-order valence-corrected chi connectivity index (χ2v) is 0.0962. The minimum atomic E-state index is -0.500. The zero-order valence-electron chi connectivity index (χ0n) is 2.39. The summed E-state index contributed by atoms with van der Waals surface area (Å²) in [7, 11) is -0.500. The largest absolute Gasteiger partial charge is 1.00 e. The van der Waals surface area contributed by atoms with Crippen LogP contribution in [0.15, 0.2) is 0 Å². The van der Waals surface area contributed by atoms with Crippen LogP contribution in [0.4, 0.5) is 0 Å². The van der Waals surface area contributed by atoms with E-state index in [9.17, 15) is 0 Å². The third-order valence-electron chi connectivity index (χ3n) is 0. The van der Waals surface area contributed by atoms with Gasteiger partial charge in [0.15, 0.2) is 0 Å². The Morgan fingerprint density at radius 3 is 1.75 bits per heavy atom. The van der Waals surface area contributed by atoms with Gasteiger partial charge in [-0.2, -0.15) is 0 Å². The Bertz CT molecular complexity index is 13.5. The van der Waals surface area contributed by atoms with E-state index in [1.54, 1.807) is 0 Å². The summed E-state index contributed by atoms with van der Waals surface area (Å²) < 4.78 is 8.25. The van der Waals surface area contributed by atoms with Crippen molar-refractivity contribution in [3.63, 3.8) is 0 Å². The fourth-order valence-electron chi connectivity index (χ4n) is 0. The first-order valence-electron chi connectivity index (χ1n) is 0.471. The van der Waals surface area contributed by atoms with Crippen molar-refractivity contribution in [2.24, 2.45) is 0 Å². The van der Waals surface area contributed by atoms with Gasteiger partial charge in [-0.1, -0.05) is 0 Å². The summed E-state index contributed by atoms with van der Waals surface area (Å²) >= 11 is 0. The summed E-state index contributed by atoms with van der Waals surface area (Å²) in [5.41, 5.74) is 0. The maximum absolute atomic E-state index is 8.25. The first-order chi connectivity index (χ1) is 1.41. The monoisotopic (exact) mass is 50.0 g/mol. The molecule has 0 aliphatic carbocycles. The third kappa shape index (κ3) is 52.4. The summed E-state index contributed by atoms with van der Waals surface area (Å²) in [5.74, 6) is 0. The quantitative estimate of drug-likeness (QED) is 0.259. The van der Waals surface area contributed by atoms with Gasteiger partial charge in [-0.25, -0.2) is 0 Å². The van der Waals surface area contributed by atoms with Gasteiger partial charge in [-0.05, 0) is 0 Å². The van der Waals surface area contributed by atoms with E-state index in [0.29, 0.717) is 0 Å². The van der Waals surface area contributed by atoms with Crippen molar-refractivity contribution in [3.8, 4) is 0 Å². The Morgan fingerprint density at radius 1 is 1.75 bits per heavy atom. The van der Waals surface area contributed by atoms with Gasteiger partial charge >= 0.3 is 35.9 Å². The molecule has 0 fully saturated rings. The van der Waals surface area contributed by atoms with Crippen LogP contribution in [0.5, 0.6) is 0 Å². The van der Waals surface area contributed by atoms with Crippen LogP contribution in [-0.2, 0) is 4.70 Å². The first-order valence-corrected chi connectivity index (χ1v) is 0.471. The van der Waals surface area contributed by atoms with Crippen molar-refractivity contribution in [3.05, 3.63) is 0 Å². The normalized spacial score (nSPS) is 2.00. The van der Waals surface area contributed by atoms with E-state index < -0.39 is 7.35 Å². The second kappa shape index (κ2) is 10.5. The SMILES string of the molecule is O=B[O-].[Li+]. The Morgan fingerprint density at radius 2 is 1.75 bits per heavy atom. The Hall–Kier alpha value is 0.262. The Labute approximate surface area is 36.7 Å². The van der Waals surface area contributed by atoms with Crippen LogP contribution in [0.2, 0.25) is 0 Å². The molecule has 4 heavy (non-hydrogen) atoms. The number of rotatable bonds is 0. The second-order valence-electron chi connectivity index (χ2n) is 0.0962. The average molecular weight is 49.8 g/mol. The van der Waals surface area contributed by atoms with Crippen molar-refractivity contribution < 1.29 is 28.6 Å². The van der Waals surface area contributed by atoms with Gasteiger partial charge in [-0.15, -0.1) is 0 Å². The number of hydrogen-bond acceptors (Lipinski definition) is 2. The molecule has 0 N–H and O–H groups in total. The molecule has 2 nitrogen and oxygen atoms in total. The molecule has 0 spiro atoms. The van der Waals surface area contributed by atoms with E-state index in [1.807, 2.05) is 0 Å². The predicted octanol–water partition coefficient (Wildman–Crippen LogP) is -4.68. The van der Waals surface area contributed by atoms with Crippen molar-refractivity contribution in [1.29, 1.82) is 0 Å². The summed E-state index contributed by atoms with van der Waals surface area (Å²) in [5, 5.41) is 8.25. The van der Waals surface area contributed by atoms with E-state index in [4.69, 9.17) is 9.73 Å². The van der Waals surface area contributed by atoms with Crippen LogP contribution in [0.3, 0.4) is 0 Å². The first kappa shape index (κ1) is 8.86. The molecule has 0 aliphatic heterocycles. The molecule has 0 saturated carbocycles. The van der Waals surface area contributed by atoms with Gasteiger partial charge in [-0.3, -0.25) is 0 Å². The van der Waals surface area contributed by atoms with Crippen molar-refractivity contribution in [2.75, 3.05) is 0 Å². The molecular formula is BLiO2. The molecule has 0 atom stereocenters. The summed E-state index contributed by atoms with van der Waals surface area (Å²) in [6.45, 7) is 0. The molecule has 4 heteroatoms. The van der Waals surface area contributed by atoms with Gasteiger partial charge in [0.2, 0.25) is 0 Å². The number of hydrogen-bond donors (Lipinski definition) is 0. The minimum absolute atomic E-state index is 0. The molecule has 0 unspecified atom stereocenters. The standard InChI is InChI=1S/BO2.Li/c2-1-3;/q-1;+1. The zero-order chi connectivity index (χ0) is 2.71. The van der Waals surface area contributed by atoms with Crippen molar-refractivity contribution in [2.45, 2.75) is 0 Å². The van der Waals surface area contributed by atoms with Crippen molar-refractivity contribution >= 4 is 7.35 Å². The topological polar surface area (TPSA) is 40.1 Å². The van der Waals surface area contributed by atoms with E-state index in [0.717, 1.165) is 0 Å². The molecule has 0 aromatic rings. The molecule has 0 rings (SSSR count).